The predicted molar refractivity (Wildman–Crippen MR) is 135 cm³/mol. The molecule has 7 heteroatoms. The van der Waals surface area contributed by atoms with E-state index in [0.29, 0.717) is 24.7 Å². The summed E-state index contributed by atoms with van der Waals surface area (Å²) < 4.78 is 19.0. The lowest BCUT2D eigenvalue weighted by Gasteiger charge is -2.16. The van der Waals surface area contributed by atoms with Crippen molar-refractivity contribution < 1.29 is 19.0 Å². The molecule has 7 nitrogen and oxygen atoms in total. The summed E-state index contributed by atoms with van der Waals surface area (Å²) in [6.45, 7) is 2.81. The van der Waals surface area contributed by atoms with Crippen LogP contribution in [0.25, 0.3) is 28.1 Å². The molecule has 1 aromatic heterocycles. The molecular formula is C28H27N3O4. The molecule has 0 saturated carbocycles. The van der Waals surface area contributed by atoms with E-state index in [-0.39, 0.29) is 12.0 Å². The maximum atomic E-state index is 11.4. The van der Waals surface area contributed by atoms with Crippen molar-refractivity contribution >= 4 is 11.6 Å². The molecule has 1 atom stereocenters. The van der Waals surface area contributed by atoms with Crippen LogP contribution < -0.4 is 14.8 Å². The lowest BCUT2D eigenvalue weighted by Crippen LogP contribution is -2.16. The highest BCUT2D eigenvalue weighted by Crippen LogP contribution is 2.35. The minimum absolute atomic E-state index is 0.0285. The highest BCUT2D eigenvalue weighted by atomic mass is 16.6. The molecule has 0 spiro atoms. The van der Waals surface area contributed by atoms with E-state index in [1.165, 1.54) is 6.92 Å². The number of anilines is 1. The van der Waals surface area contributed by atoms with Gasteiger partial charge >= 0.3 is 0 Å². The monoisotopic (exact) mass is 469 g/mol. The zero-order valence-electron chi connectivity index (χ0n) is 19.7. The van der Waals surface area contributed by atoms with Crippen LogP contribution in [-0.2, 0) is 9.53 Å². The molecule has 0 bridgehead atoms. The summed E-state index contributed by atoms with van der Waals surface area (Å²) in [5.41, 5.74) is 5.71. The molecule has 1 saturated heterocycles. The molecule has 1 N–H and O–H groups in total. The third kappa shape index (κ3) is 5.05. The lowest BCUT2D eigenvalue weighted by molar-refractivity contribution is -0.114. The smallest absolute Gasteiger partial charge is 0.221 e. The van der Waals surface area contributed by atoms with E-state index in [4.69, 9.17) is 14.2 Å². The molecule has 1 aliphatic rings. The normalized spacial score (nSPS) is 15.1. The number of amides is 1. The fourth-order valence-corrected chi connectivity index (χ4v) is 4.22. The topological polar surface area (TPSA) is 74.6 Å². The first-order valence-electron chi connectivity index (χ1n) is 11.6. The summed E-state index contributed by atoms with van der Waals surface area (Å²) in [5, 5.41) is 7.40. The van der Waals surface area contributed by atoms with Gasteiger partial charge in [0.2, 0.25) is 5.91 Å². The van der Waals surface area contributed by atoms with Crippen molar-refractivity contribution in [2.24, 2.45) is 0 Å². The van der Waals surface area contributed by atoms with Crippen LogP contribution in [0.5, 0.6) is 11.5 Å². The number of carbonyl (C=O) groups excluding carboxylic acids is 1. The Labute approximate surface area is 204 Å². The number of benzene rings is 3. The molecule has 3 aromatic carbocycles. The number of aromatic nitrogens is 2. The molecule has 1 amide bonds. The quantitative estimate of drug-likeness (QED) is 0.395. The van der Waals surface area contributed by atoms with E-state index in [9.17, 15) is 4.79 Å². The Morgan fingerprint density at radius 2 is 1.83 bits per heavy atom. The zero-order valence-corrected chi connectivity index (χ0v) is 19.7. The first kappa shape index (κ1) is 22.7. The van der Waals surface area contributed by atoms with Crippen molar-refractivity contribution in [3.8, 4) is 39.6 Å². The highest BCUT2D eigenvalue weighted by Gasteiger charge is 2.20. The number of nitrogens with one attached hydrogen (secondary N) is 1. The Balaban J connectivity index is 1.42. The van der Waals surface area contributed by atoms with Crippen LogP contribution in [0.4, 0.5) is 5.69 Å². The molecule has 178 valence electrons. The number of nitrogens with zero attached hydrogens (tertiary/aromatic N) is 2. The summed E-state index contributed by atoms with van der Waals surface area (Å²) in [5.74, 6) is 1.30. The van der Waals surface area contributed by atoms with Gasteiger partial charge in [-0.1, -0.05) is 24.3 Å². The van der Waals surface area contributed by atoms with Crippen molar-refractivity contribution in [1.82, 2.24) is 9.78 Å². The van der Waals surface area contributed by atoms with Gasteiger partial charge < -0.3 is 19.5 Å². The number of carbonyl (C=O) groups is 1. The lowest BCUT2D eigenvalue weighted by atomic mass is 10.0. The fourth-order valence-electron chi connectivity index (χ4n) is 4.22. The van der Waals surface area contributed by atoms with E-state index in [1.54, 1.807) is 13.3 Å². The van der Waals surface area contributed by atoms with E-state index >= 15 is 0 Å². The van der Waals surface area contributed by atoms with Crippen LogP contribution in [-0.4, -0.2) is 42.1 Å². The molecule has 0 radical (unpaired) electrons. The van der Waals surface area contributed by atoms with Crippen LogP contribution in [0, 0.1) is 0 Å². The van der Waals surface area contributed by atoms with Crippen LogP contribution in [0.3, 0.4) is 0 Å². The molecule has 5 rings (SSSR count). The molecule has 2 heterocycles. The SMILES string of the molecule is COc1ccc(-c2ccnn2-c2ccc(-c3cccc(NC(C)=O)c3)cc2)cc1O[C@@H]1CCOC1. The van der Waals surface area contributed by atoms with E-state index in [2.05, 4.69) is 22.5 Å². The van der Waals surface area contributed by atoms with E-state index in [1.807, 2.05) is 65.3 Å². The maximum Gasteiger partial charge on any atom is 0.221 e. The van der Waals surface area contributed by atoms with Gasteiger partial charge in [0.15, 0.2) is 11.5 Å². The minimum atomic E-state index is -0.0904. The summed E-state index contributed by atoms with van der Waals surface area (Å²) >= 11 is 0. The molecule has 1 fully saturated rings. The molecule has 0 aliphatic carbocycles. The summed E-state index contributed by atoms with van der Waals surface area (Å²) in [7, 11) is 1.64. The predicted octanol–water partition coefficient (Wildman–Crippen LogP) is 5.34. The van der Waals surface area contributed by atoms with Crippen molar-refractivity contribution in [3.63, 3.8) is 0 Å². The first-order valence-corrected chi connectivity index (χ1v) is 11.6. The first-order chi connectivity index (χ1) is 17.1. The van der Waals surface area contributed by atoms with Crippen LogP contribution >= 0.6 is 0 Å². The second kappa shape index (κ2) is 10.0. The van der Waals surface area contributed by atoms with Gasteiger partial charge in [-0.05, 0) is 59.7 Å². The summed E-state index contributed by atoms with van der Waals surface area (Å²) in [6, 6.07) is 23.9. The van der Waals surface area contributed by atoms with Crippen molar-refractivity contribution in [2.75, 3.05) is 25.6 Å². The molecule has 1 aliphatic heterocycles. The zero-order chi connectivity index (χ0) is 24.2. The molecular weight excluding hydrogens is 442 g/mol. The van der Waals surface area contributed by atoms with Gasteiger partial charge in [-0.15, -0.1) is 0 Å². The number of ether oxygens (including phenoxy) is 3. The summed E-state index contributed by atoms with van der Waals surface area (Å²) in [6.07, 6.45) is 2.68. The van der Waals surface area contributed by atoms with Gasteiger partial charge in [-0.25, -0.2) is 4.68 Å². The Morgan fingerprint density at radius 3 is 2.57 bits per heavy atom. The maximum absolute atomic E-state index is 11.4. The Morgan fingerprint density at radius 1 is 1.00 bits per heavy atom. The van der Waals surface area contributed by atoms with Crippen molar-refractivity contribution in [1.29, 1.82) is 0 Å². The second-order valence-electron chi connectivity index (χ2n) is 8.41. The van der Waals surface area contributed by atoms with Gasteiger partial charge in [0, 0.05) is 24.6 Å². The number of methoxy groups -OCH3 is 1. The van der Waals surface area contributed by atoms with Gasteiger partial charge in [0.1, 0.15) is 6.10 Å². The standard InChI is InChI=1S/C28H27N3O4/c1-19(32)30-23-5-3-4-21(16-23)20-6-9-24(10-7-20)31-26(12-14-29-31)22-8-11-27(33-2)28(17-22)35-25-13-15-34-18-25/h3-12,14,16-17,25H,13,15,18H2,1-2H3,(H,30,32)/t25-/m1/s1. The van der Waals surface area contributed by atoms with Gasteiger partial charge in [-0.2, -0.15) is 5.10 Å². The van der Waals surface area contributed by atoms with Gasteiger partial charge in [-0.3, -0.25) is 4.79 Å². The number of hydrogen-bond acceptors (Lipinski definition) is 5. The van der Waals surface area contributed by atoms with Crippen LogP contribution in [0.1, 0.15) is 13.3 Å². The molecule has 0 unspecified atom stereocenters. The Hall–Kier alpha value is -4.10. The van der Waals surface area contributed by atoms with Crippen molar-refractivity contribution in [2.45, 2.75) is 19.4 Å². The van der Waals surface area contributed by atoms with Gasteiger partial charge in [0.05, 0.1) is 37.9 Å². The van der Waals surface area contributed by atoms with E-state index < -0.39 is 0 Å². The van der Waals surface area contributed by atoms with Crippen LogP contribution in [0.2, 0.25) is 0 Å². The number of hydrogen-bond donors (Lipinski definition) is 1. The largest absolute Gasteiger partial charge is 0.493 e. The third-order valence-corrected chi connectivity index (χ3v) is 5.91. The average Bonchev–Trinajstić information content (AvgIpc) is 3.56. The van der Waals surface area contributed by atoms with Crippen molar-refractivity contribution in [3.05, 3.63) is 79.0 Å². The fraction of sp³-hybridized carbons (Fsp3) is 0.214. The Bertz CT molecular complexity index is 1320. The van der Waals surface area contributed by atoms with E-state index in [0.717, 1.165) is 40.2 Å². The average molecular weight is 470 g/mol. The number of rotatable bonds is 7. The molecule has 4 aromatic rings. The molecule has 35 heavy (non-hydrogen) atoms. The summed E-state index contributed by atoms with van der Waals surface area (Å²) in [4.78, 5) is 11.4. The Kier molecular flexibility index (Phi) is 6.50. The third-order valence-electron chi connectivity index (χ3n) is 5.91. The highest BCUT2D eigenvalue weighted by molar-refractivity contribution is 5.89. The van der Waals surface area contributed by atoms with Crippen LogP contribution in [0.15, 0.2) is 79.0 Å². The van der Waals surface area contributed by atoms with Gasteiger partial charge in [0.25, 0.3) is 0 Å². The second-order valence-corrected chi connectivity index (χ2v) is 8.41. The minimum Gasteiger partial charge on any atom is -0.493 e.